The third-order valence-corrected chi connectivity index (χ3v) is 13.6. The van der Waals surface area contributed by atoms with Crippen LogP contribution in [0, 0.1) is 27.7 Å². The molecule has 4 aromatic carbocycles. The van der Waals surface area contributed by atoms with Crippen LogP contribution in [0.4, 0.5) is 15.3 Å². The number of benzene rings is 4. The van der Waals surface area contributed by atoms with Crippen molar-refractivity contribution in [2.45, 2.75) is 90.2 Å². The van der Waals surface area contributed by atoms with E-state index in [9.17, 15) is 31.5 Å². The fourth-order valence-electron chi connectivity index (χ4n) is 6.98. The Kier molecular flexibility index (Phi) is 15.2. The SMILES string of the molecule is Cc1cc(C)cc(Oc2ccc(N)cc2S(=O)(=O)N2CCN(C(=O)OC(C)(C)C)CC2)c1.Cc1cc(C)cc(Oc2ccc(O)cc2S(=O)(=O)N2CCN(C(=O)OC(C)(C)C)CC2)c1. The molecule has 0 radical (unpaired) electrons. The van der Waals surface area contributed by atoms with Crippen molar-refractivity contribution in [3.05, 3.63) is 95.1 Å². The van der Waals surface area contributed by atoms with Gasteiger partial charge in [0.1, 0.15) is 49.7 Å². The number of rotatable bonds is 8. The maximum atomic E-state index is 13.4. The van der Waals surface area contributed by atoms with Gasteiger partial charge in [-0.2, -0.15) is 8.61 Å². The number of piperazine rings is 2. The molecule has 3 N–H and O–H groups in total. The van der Waals surface area contributed by atoms with Crippen LogP contribution in [-0.2, 0) is 29.5 Å². The van der Waals surface area contributed by atoms with Crippen LogP contribution in [0.1, 0.15) is 63.8 Å². The fraction of sp³-hybridized carbons (Fsp3) is 0.435. The molecule has 2 fully saturated rings. The molecule has 0 aliphatic carbocycles. The van der Waals surface area contributed by atoms with E-state index in [1.54, 1.807) is 53.7 Å². The van der Waals surface area contributed by atoms with E-state index >= 15 is 0 Å². The number of hydrogen-bond donors (Lipinski definition) is 2. The van der Waals surface area contributed by atoms with Crippen molar-refractivity contribution in [1.29, 1.82) is 0 Å². The van der Waals surface area contributed by atoms with Gasteiger partial charge in [0.05, 0.1) is 0 Å². The molecule has 2 amide bonds. The third kappa shape index (κ3) is 13.2. The quantitative estimate of drug-likeness (QED) is 0.162. The first-order chi connectivity index (χ1) is 29.7. The number of nitrogen functional groups attached to an aromatic ring is 1. The summed E-state index contributed by atoms with van der Waals surface area (Å²) in [4.78, 5) is 27.5. The smallest absolute Gasteiger partial charge is 0.410 e. The molecule has 64 heavy (non-hydrogen) atoms. The van der Waals surface area contributed by atoms with Gasteiger partial charge in [0, 0.05) is 64.1 Å². The number of aromatic hydroxyl groups is 1. The standard InChI is InChI=1S/C23H31N3O5S.C23H30N2O6S/c1-16-12-17(2)14-19(13-16)30-20-7-6-18(24)15-21(20)32(28,29)26-10-8-25(9-11-26)22(27)31-23(3,4)5;1-16-12-17(2)14-19(13-16)30-20-7-6-18(26)15-21(20)32(28,29)25-10-8-24(9-11-25)22(27)31-23(3,4)5/h6-7,12-15H,8-11,24H2,1-5H3;6-7,12-15,26H,8-11H2,1-5H3. The number of ether oxygens (including phenoxy) is 4. The van der Waals surface area contributed by atoms with Crippen molar-refractivity contribution in [2.75, 3.05) is 58.1 Å². The number of carbonyl (C=O) groups is 2. The topological polar surface area (TPSA) is 199 Å². The zero-order chi connectivity index (χ0) is 47.4. The molecule has 0 unspecified atom stereocenters. The molecule has 0 aromatic heterocycles. The lowest BCUT2D eigenvalue weighted by Crippen LogP contribution is -2.51. The normalized spacial score (nSPS) is 15.5. The molecule has 6 rings (SSSR count). The first-order valence-electron chi connectivity index (χ1n) is 20.9. The van der Waals surface area contributed by atoms with Gasteiger partial charge in [-0.1, -0.05) is 12.1 Å². The zero-order valence-corrected chi connectivity index (χ0v) is 39.9. The minimum Gasteiger partial charge on any atom is -0.508 e. The van der Waals surface area contributed by atoms with Crippen LogP contribution in [-0.4, -0.2) is 116 Å². The predicted octanol–water partition coefficient (Wildman–Crippen LogP) is 7.96. The van der Waals surface area contributed by atoms with E-state index in [1.165, 1.54) is 42.7 Å². The molecule has 18 heteroatoms. The lowest BCUT2D eigenvalue weighted by atomic mass is 10.1. The third-order valence-electron chi connectivity index (χ3n) is 9.76. The Morgan fingerprint density at radius 3 is 1.23 bits per heavy atom. The van der Waals surface area contributed by atoms with E-state index in [1.807, 2.05) is 64.1 Å². The maximum absolute atomic E-state index is 13.4. The number of carbonyl (C=O) groups excluding carboxylic acids is 2. The van der Waals surface area contributed by atoms with E-state index in [4.69, 9.17) is 24.7 Å². The molecule has 0 spiro atoms. The first kappa shape index (κ1) is 49.5. The molecule has 2 saturated heterocycles. The lowest BCUT2D eigenvalue weighted by molar-refractivity contribution is 0.0183. The summed E-state index contributed by atoms with van der Waals surface area (Å²) >= 11 is 0. The highest BCUT2D eigenvalue weighted by Gasteiger charge is 2.36. The number of hydrogen-bond acceptors (Lipinski definition) is 12. The summed E-state index contributed by atoms with van der Waals surface area (Å²) in [6, 6.07) is 19.9. The van der Waals surface area contributed by atoms with Gasteiger partial charge in [-0.25, -0.2) is 26.4 Å². The van der Waals surface area contributed by atoms with E-state index < -0.39 is 43.4 Å². The van der Waals surface area contributed by atoms with Crippen LogP contribution in [0.15, 0.2) is 82.6 Å². The summed E-state index contributed by atoms with van der Waals surface area (Å²) in [5.41, 5.74) is 9.00. The minimum atomic E-state index is -3.97. The highest BCUT2D eigenvalue weighted by atomic mass is 32.2. The average molecular weight is 924 g/mol. The van der Waals surface area contributed by atoms with Gasteiger partial charge in [-0.3, -0.25) is 0 Å². The summed E-state index contributed by atoms with van der Waals surface area (Å²) in [5.74, 6) is 1.22. The Morgan fingerprint density at radius 1 is 0.531 bits per heavy atom. The van der Waals surface area contributed by atoms with E-state index in [2.05, 4.69) is 0 Å². The van der Waals surface area contributed by atoms with Crippen LogP contribution < -0.4 is 15.2 Å². The lowest BCUT2D eigenvalue weighted by Gasteiger charge is -2.35. The van der Waals surface area contributed by atoms with Gasteiger partial charge in [-0.05, 0) is 146 Å². The molecule has 0 atom stereocenters. The molecule has 0 saturated carbocycles. The van der Waals surface area contributed by atoms with Gasteiger partial charge in [-0.15, -0.1) is 0 Å². The largest absolute Gasteiger partial charge is 0.508 e. The molecule has 16 nitrogen and oxygen atoms in total. The van der Waals surface area contributed by atoms with Crippen LogP contribution in [0.3, 0.4) is 0 Å². The van der Waals surface area contributed by atoms with Gasteiger partial charge in [0.15, 0.2) is 0 Å². The minimum absolute atomic E-state index is 0.00220. The van der Waals surface area contributed by atoms with Crippen LogP contribution in [0.5, 0.6) is 28.7 Å². The summed E-state index contributed by atoms with van der Waals surface area (Å²) in [6.45, 7) is 19.9. The molecule has 0 bridgehead atoms. The summed E-state index contributed by atoms with van der Waals surface area (Å²) in [7, 11) is -7.86. The number of phenolic OH excluding ortho intramolecular Hbond substituents is 1. The van der Waals surface area contributed by atoms with Gasteiger partial charge in [0.2, 0.25) is 20.0 Å². The second kappa shape index (κ2) is 19.7. The van der Waals surface area contributed by atoms with Crippen molar-refractivity contribution in [3.8, 4) is 28.7 Å². The summed E-state index contributed by atoms with van der Waals surface area (Å²) < 4.78 is 78.9. The van der Waals surface area contributed by atoms with Crippen molar-refractivity contribution in [1.82, 2.24) is 18.4 Å². The molecular formula is C46H61N5O11S2. The van der Waals surface area contributed by atoms with Crippen molar-refractivity contribution in [2.24, 2.45) is 0 Å². The maximum Gasteiger partial charge on any atom is 0.410 e. The molecule has 2 heterocycles. The van der Waals surface area contributed by atoms with Crippen molar-refractivity contribution < 1.29 is 50.5 Å². The molecule has 348 valence electrons. The predicted molar refractivity (Wildman–Crippen MR) is 244 cm³/mol. The van der Waals surface area contributed by atoms with E-state index in [-0.39, 0.29) is 79.4 Å². The Labute approximate surface area is 377 Å². The fourth-order valence-corrected chi connectivity index (χ4v) is 10.1. The number of nitrogens with zero attached hydrogens (tertiary/aromatic N) is 4. The highest BCUT2D eigenvalue weighted by molar-refractivity contribution is 7.89. The van der Waals surface area contributed by atoms with E-state index in [0.717, 1.165) is 22.3 Å². The zero-order valence-electron chi connectivity index (χ0n) is 38.3. The Bertz CT molecular complexity index is 2340. The molecule has 2 aliphatic rings. The van der Waals surface area contributed by atoms with Crippen LogP contribution >= 0.6 is 0 Å². The van der Waals surface area contributed by atoms with Gasteiger partial charge in [0.25, 0.3) is 0 Å². The monoisotopic (exact) mass is 923 g/mol. The second-order valence-electron chi connectivity index (χ2n) is 17.9. The number of anilines is 1. The highest BCUT2D eigenvalue weighted by Crippen LogP contribution is 2.36. The number of phenols is 1. The van der Waals surface area contributed by atoms with E-state index in [0.29, 0.717) is 17.2 Å². The number of nitrogens with two attached hydrogens (primary N) is 1. The number of sulfonamides is 2. The second-order valence-corrected chi connectivity index (χ2v) is 21.7. The Hall–Kier alpha value is -5.56. The van der Waals surface area contributed by atoms with Gasteiger partial charge < -0.3 is 39.6 Å². The molecule has 4 aromatic rings. The summed E-state index contributed by atoms with van der Waals surface area (Å²) in [5, 5.41) is 9.97. The molecular weight excluding hydrogens is 863 g/mol. The van der Waals surface area contributed by atoms with Crippen LogP contribution in [0.2, 0.25) is 0 Å². The van der Waals surface area contributed by atoms with Crippen molar-refractivity contribution in [3.63, 3.8) is 0 Å². The first-order valence-corrected chi connectivity index (χ1v) is 23.8. The average Bonchev–Trinajstić information content (AvgIpc) is 3.17. The van der Waals surface area contributed by atoms with Crippen molar-refractivity contribution >= 4 is 37.9 Å². The Morgan fingerprint density at radius 2 is 0.875 bits per heavy atom. The van der Waals surface area contributed by atoms with Crippen LogP contribution in [0.25, 0.3) is 0 Å². The number of aryl methyl sites for hydroxylation is 4. The number of amides is 2. The molecule has 2 aliphatic heterocycles. The van der Waals surface area contributed by atoms with Gasteiger partial charge >= 0.3 is 12.2 Å². The summed E-state index contributed by atoms with van der Waals surface area (Å²) in [6.07, 6.45) is -0.914. The Balaban J connectivity index is 0.000000241.